The number of benzene rings is 1. The summed E-state index contributed by atoms with van der Waals surface area (Å²) >= 11 is 1.74. The van der Waals surface area contributed by atoms with E-state index in [9.17, 15) is 0 Å². The smallest absolute Gasteiger partial charge is 0.123 e. The van der Waals surface area contributed by atoms with Gasteiger partial charge < -0.3 is 4.74 Å². The number of nitrogens with zero attached hydrogens (tertiary/aromatic N) is 1. The lowest BCUT2D eigenvalue weighted by Gasteiger charge is -2.34. The number of hydrogen-bond acceptors (Lipinski definition) is 3. The van der Waals surface area contributed by atoms with Crippen LogP contribution in [0.2, 0.25) is 0 Å². The van der Waals surface area contributed by atoms with Crippen molar-refractivity contribution in [2.75, 3.05) is 6.61 Å². The third-order valence-corrected chi connectivity index (χ3v) is 4.57. The SMILES string of the molecule is CC1(C)CC(c2csc(-c3ccccc3)n2)CCO1. The van der Waals surface area contributed by atoms with Gasteiger partial charge in [-0.2, -0.15) is 0 Å². The average Bonchev–Trinajstić information content (AvgIpc) is 2.88. The van der Waals surface area contributed by atoms with Gasteiger partial charge in [0, 0.05) is 23.5 Å². The van der Waals surface area contributed by atoms with Gasteiger partial charge in [0.25, 0.3) is 0 Å². The molecular formula is C16H19NOS. The van der Waals surface area contributed by atoms with E-state index in [1.807, 2.05) is 6.07 Å². The highest BCUT2D eigenvalue weighted by Gasteiger charge is 2.30. The zero-order chi connectivity index (χ0) is 13.3. The molecule has 1 fully saturated rings. The largest absolute Gasteiger partial charge is 0.376 e. The second-order valence-electron chi connectivity index (χ2n) is 5.74. The molecule has 1 aliphatic heterocycles. The second kappa shape index (κ2) is 5.06. The van der Waals surface area contributed by atoms with Crippen LogP contribution in [-0.2, 0) is 4.74 Å². The molecule has 0 amide bonds. The molecule has 1 saturated heterocycles. The molecule has 0 aliphatic carbocycles. The fourth-order valence-electron chi connectivity index (χ4n) is 2.67. The van der Waals surface area contributed by atoms with Crippen LogP contribution >= 0.6 is 11.3 Å². The second-order valence-corrected chi connectivity index (χ2v) is 6.60. The third-order valence-electron chi connectivity index (χ3n) is 3.66. The molecule has 3 rings (SSSR count). The first kappa shape index (κ1) is 12.8. The van der Waals surface area contributed by atoms with Gasteiger partial charge in [0.15, 0.2) is 0 Å². The summed E-state index contributed by atoms with van der Waals surface area (Å²) in [6, 6.07) is 10.4. The summed E-state index contributed by atoms with van der Waals surface area (Å²) in [6.07, 6.45) is 2.15. The topological polar surface area (TPSA) is 22.1 Å². The Labute approximate surface area is 118 Å². The van der Waals surface area contributed by atoms with E-state index in [1.54, 1.807) is 11.3 Å². The molecule has 0 spiro atoms. The Hall–Kier alpha value is -1.19. The van der Waals surface area contributed by atoms with Gasteiger partial charge in [0.1, 0.15) is 5.01 Å². The fraction of sp³-hybridized carbons (Fsp3) is 0.438. The molecule has 1 aromatic carbocycles. The molecule has 2 nitrogen and oxygen atoms in total. The molecule has 2 aromatic rings. The minimum Gasteiger partial charge on any atom is -0.376 e. The maximum absolute atomic E-state index is 5.78. The summed E-state index contributed by atoms with van der Waals surface area (Å²) in [4.78, 5) is 4.83. The van der Waals surface area contributed by atoms with Crippen molar-refractivity contribution >= 4 is 11.3 Å². The molecule has 100 valence electrons. The molecule has 19 heavy (non-hydrogen) atoms. The van der Waals surface area contributed by atoms with Gasteiger partial charge in [-0.25, -0.2) is 4.98 Å². The normalized spacial score (nSPS) is 22.3. The number of hydrogen-bond donors (Lipinski definition) is 0. The molecule has 0 saturated carbocycles. The van der Waals surface area contributed by atoms with Crippen LogP contribution in [0.4, 0.5) is 0 Å². The molecule has 1 atom stereocenters. The summed E-state index contributed by atoms with van der Waals surface area (Å²) < 4.78 is 5.78. The Balaban J connectivity index is 1.82. The highest BCUT2D eigenvalue weighted by molar-refractivity contribution is 7.13. The first-order valence-electron chi connectivity index (χ1n) is 6.79. The monoisotopic (exact) mass is 273 g/mol. The highest BCUT2D eigenvalue weighted by Crippen LogP contribution is 2.37. The minimum atomic E-state index is -0.0144. The third kappa shape index (κ3) is 2.88. The summed E-state index contributed by atoms with van der Waals surface area (Å²) in [7, 11) is 0. The highest BCUT2D eigenvalue weighted by atomic mass is 32.1. The van der Waals surface area contributed by atoms with E-state index in [-0.39, 0.29) is 5.60 Å². The molecular weight excluding hydrogens is 254 g/mol. The van der Waals surface area contributed by atoms with E-state index >= 15 is 0 Å². The van der Waals surface area contributed by atoms with Crippen molar-refractivity contribution in [3.8, 4) is 10.6 Å². The predicted molar refractivity (Wildman–Crippen MR) is 79.6 cm³/mol. The molecule has 1 aromatic heterocycles. The zero-order valence-electron chi connectivity index (χ0n) is 11.4. The Morgan fingerprint density at radius 3 is 2.79 bits per heavy atom. The Kier molecular flexibility index (Phi) is 3.42. The van der Waals surface area contributed by atoms with E-state index in [4.69, 9.17) is 9.72 Å². The van der Waals surface area contributed by atoms with Crippen molar-refractivity contribution in [1.29, 1.82) is 0 Å². The Bertz CT molecular complexity index is 547. The van der Waals surface area contributed by atoms with Crippen LogP contribution in [0.3, 0.4) is 0 Å². The molecule has 0 N–H and O–H groups in total. The van der Waals surface area contributed by atoms with Crippen LogP contribution < -0.4 is 0 Å². The summed E-state index contributed by atoms with van der Waals surface area (Å²) in [5, 5.41) is 3.34. The van der Waals surface area contributed by atoms with E-state index in [0.29, 0.717) is 5.92 Å². The zero-order valence-corrected chi connectivity index (χ0v) is 12.2. The van der Waals surface area contributed by atoms with Gasteiger partial charge in [0.2, 0.25) is 0 Å². The number of rotatable bonds is 2. The number of thiazole rings is 1. The fourth-order valence-corrected chi connectivity index (χ4v) is 3.58. The molecule has 1 aliphatic rings. The first-order valence-corrected chi connectivity index (χ1v) is 7.67. The Morgan fingerprint density at radius 2 is 2.05 bits per heavy atom. The number of aromatic nitrogens is 1. The van der Waals surface area contributed by atoms with Crippen molar-refractivity contribution in [3.63, 3.8) is 0 Å². The van der Waals surface area contributed by atoms with Crippen LogP contribution in [-0.4, -0.2) is 17.2 Å². The lowest BCUT2D eigenvalue weighted by atomic mass is 9.87. The molecule has 2 heterocycles. The summed E-state index contributed by atoms with van der Waals surface area (Å²) in [5.74, 6) is 0.539. The lowest BCUT2D eigenvalue weighted by Crippen LogP contribution is -2.33. The van der Waals surface area contributed by atoms with E-state index < -0.39 is 0 Å². The molecule has 1 unspecified atom stereocenters. The van der Waals surface area contributed by atoms with Gasteiger partial charge in [-0.3, -0.25) is 0 Å². The van der Waals surface area contributed by atoms with Crippen LogP contribution in [0.1, 0.15) is 38.3 Å². The molecule has 0 radical (unpaired) electrons. The van der Waals surface area contributed by atoms with Gasteiger partial charge >= 0.3 is 0 Å². The van der Waals surface area contributed by atoms with E-state index in [0.717, 1.165) is 24.5 Å². The number of ether oxygens (including phenoxy) is 1. The van der Waals surface area contributed by atoms with E-state index in [1.165, 1.54) is 11.3 Å². The van der Waals surface area contributed by atoms with Crippen molar-refractivity contribution in [1.82, 2.24) is 4.98 Å². The molecule has 3 heteroatoms. The van der Waals surface area contributed by atoms with Gasteiger partial charge in [-0.1, -0.05) is 30.3 Å². The van der Waals surface area contributed by atoms with Crippen molar-refractivity contribution < 1.29 is 4.74 Å². The van der Waals surface area contributed by atoms with E-state index in [2.05, 4.69) is 43.5 Å². The van der Waals surface area contributed by atoms with Crippen LogP contribution in [0.15, 0.2) is 35.7 Å². The minimum absolute atomic E-state index is 0.0144. The predicted octanol–water partition coefficient (Wildman–Crippen LogP) is 4.48. The average molecular weight is 273 g/mol. The van der Waals surface area contributed by atoms with Gasteiger partial charge in [0.05, 0.1) is 11.3 Å². The summed E-state index contributed by atoms with van der Waals surface area (Å²) in [6.45, 7) is 5.18. The lowest BCUT2D eigenvalue weighted by molar-refractivity contribution is -0.0597. The van der Waals surface area contributed by atoms with Crippen molar-refractivity contribution in [2.45, 2.75) is 38.2 Å². The Morgan fingerprint density at radius 1 is 1.26 bits per heavy atom. The summed E-state index contributed by atoms with van der Waals surface area (Å²) in [5.41, 5.74) is 2.43. The first-order chi connectivity index (χ1) is 9.14. The standard InChI is InChI=1S/C16H19NOS/c1-16(2)10-13(8-9-18-16)14-11-19-15(17-14)12-6-4-3-5-7-12/h3-7,11,13H,8-10H2,1-2H3. The van der Waals surface area contributed by atoms with Crippen molar-refractivity contribution in [2.24, 2.45) is 0 Å². The van der Waals surface area contributed by atoms with Crippen LogP contribution in [0, 0.1) is 0 Å². The van der Waals surface area contributed by atoms with Crippen LogP contribution in [0.5, 0.6) is 0 Å². The quantitative estimate of drug-likeness (QED) is 0.804. The molecule has 0 bridgehead atoms. The van der Waals surface area contributed by atoms with Crippen molar-refractivity contribution in [3.05, 3.63) is 41.4 Å². The maximum Gasteiger partial charge on any atom is 0.123 e. The van der Waals surface area contributed by atoms with Gasteiger partial charge in [-0.15, -0.1) is 11.3 Å². The maximum atomic E-state index is 5.78. The van der Waals surface area contributed by atoms with Crippen LogP contribution in [0.25, 0.3) is 10.6 Å². The van der Waals surface area contributed by atoms with Gasteiger partial charge in [-0.05, 0) is 26.7 Å².